The zero-order chi connectivity index (χ0) is 23.6. The molecule has 0 unspecified atom stereocenters. The first-order valence-corrected chi connectivity index (χ1v) is 9.69. The number of methoxy groups -OCH3 is 1. The van der Waals surface area contributed by atoms with Crippen LogP contribution in [0.1, 0.15) is 20.7 Å². The lowest BCUT2D eigenvalue weighted by Crippen LogP contribution is -2.10. The lowest BCUT2D eigenvalue weighted by molar-refractivity contribution is -0.144. The molecule has 3 aromatic carbocycles. The van der Waals surface area contributed by atoms with Crippen molar-refractivity contribution >= 4 is 17.9 Å². The summed E-state index contributed by atoms with van der Waals surface area (Å²) in [6.45, 7) is 3.01. The Labute approximate surface area is 189 Å². The van der Waals surface area contributed by atoms with Crippen molar-refractivity contribution in [3.05, 3.63) is 96.6 Å². The van der Waals surface area contributed by atoms with Crippen LogP contribution in [0, 0.1) is 0 Å². The first-order valence-electron chi connectivity index (χ1n) is 9.69. The molecule has 0 aromatic heterocycles. The van der Waals surface area contributed by atoms with Crippen LogP contribution < -0.4 is 18.9 Å². The number of benzene rings is 3. The zero-order valence-electron chi connectivity index (χ0n) is 17.7. The number of esters is 3. The molecule has 3 rings (SSSR count). The van der Waals surface area contributed by atoms with Crippen LogP contribution in [0.2, 0.25) is 0 Å². The largest absolute Gasteiger partial charge is 0.497 e. The van der Waals surface area contributed by atoms with Crippen molar-refractivity contribution < 1.29 is 38.1 Å². The minimum absolute atomic E-state index is 0.274. The number of hydrogen-bond acceptors (Lipinski definition) is 8. The Hall–Kier alpha value is -4.59. The van der Waals surface area contributed by atoms with E-state index in [1.54, 1.807) is 36.4 Å². The van der Waals surface area contributed by atoms with Gasteiger partial charge in [0.05, 0.1) is 18.2 Å². The monoisotopic (exact) mass is 448 g/mol. The second-order valence-electron chi connectivity index (χ2n) is 6.43. The molecule has 0 aliphatic rings. The Morgan fingerprint density at radius 1 is 0.697 bits per heavy atom. The van der Waals surface area contributed by atoms with Crippen molar-refractivity contribution in [1.29, 1.82) is 0 Å². The van der Waals surface area contributed by atoms with Crippen LogP contribution >= 0.6 is 0 Å². The molecule has 0 saturated carbocycles. The van der Waals surface area contributed by atoms with Crippen LogP contribution in [-0.4, -0.2) is 31.8 Å². The Morgan fingerprint density at radius 2 is 1.12 bits per heavy atom. The summed E-state index contributed by atoms with van der Waals surface area (Å²) in [5, 5.41) is 0. The van der Waals surface area contributed by atoms with Gasteiger partial charge in [-0.1, -0.05) is 6.58 Å². The molecule has 0 N–H and O–H groups in total. The number of hydrogen-bond donors (Lipinski definition) is 0. The highest BCUT2D eigenvalue weighted by molar-refractivity contribution is 5.92. The van der Waals surface area contributed by atoms with Gasteiger partial charge in [-0.15, -0.1) is 0 Å². The molecule has 3 aromatic rings. The van der Waals surface area contributed by atoms with Crippen molar-refractivity contribution in [3.63, 3.8) is 0 Å². The second kappa shape index (κ2) is 11.1. The maximum Gasteiger partial charge on any atom is 0.343 e. The minimum Gasteiger partial charge on any atom is -0.497 e. The van der Waals surface area contributed by atoms with Crippen LogP contribution in [0.15, 0.2) is 85.5 Å². The van der Waals surface area contributed by atoms with Crippen molar-refractivity contribution in [3.8, 4) is 23.0 Å². The topological polar surface area (TPSA) is 97.4 Å². The van der Waals surface area contributed by atoms with E-state index in [9.17, 15) is 14.4 Å². The summed E-state index contributed by atoms with van der Waals surface area (Å²) in [6, 6.07) is 18.7. The predicted octanol–water partition coefficient (Wildman–Crippen LogP) is 4.20. The van der Waals surface area contributed by atoms with Gasteiger partial charge < -0.3 is 23.7 Å². The maximum absolute atomic E-state index is 12.3. The van der Waals surface area contributed by atoms with Crippen molar-refractivity contribution in [2.75, 3.05) is 13.9 Å². The summed E-state index contributed by atoms with van der Waals surface area (Å²) in [6.07, 6.45) is 1.03. The highest BCUT2D eigenvalue weighted by Gasteiger charge is 2.11. The standard InChI is InChI=1S/C25H20O8/c1-3-23(26)31-16-30-20-10-6-18(7-11-20)25(28)33-22-14-12-21(13-15-22)32-24(27)17-4-8-19(29-2)9-5-17/h3-15H,1,16H2,2H3. The molecule has 0 spiro atoms. The Bertz CT molecular complexity index is 1120. The first-order chi connectivity index (χ1) is 16.0. The first kappa shape index (κ1) is 23.1. The fourth-order valence-electron chi connectivity index (χ4n) is 2.54. The van der Waals surface area contributed by atoms with Gasteiger partial charge in [0, 0.05) is 6.08 Å². The zero-order valence-corrected chi connectivity index (χ0v) is 17.7. The van der Waals surface area contributed by atoms with E-state index >= 15 is 0 Å². The average molecular weight is 448 g/mol. The average Bonchev–Trinajstić information content (AvgIpc) is 2.85. The molecular weight excluding hydrogens is 428 g/mol. The molecule has 0 amide bonds. The molecule has 8 heteroatoms. The van der Waals surface area contributed by atoms with E-state index in [4.69, 9.17) is 23.7 Å². The third kappa shape index (κ3) is 6.70. The van der Waals surface area contributed by atoms with E-state index in [1.807, 2.05) is 0 Å². The molecule has 0 bridgehead atoms. The van der Waals surface area contributed by atoms with E-state index < -0.39 is 17.9 Å². The minimum atomic E-state index is -0.600. The molecule has 0 saturated heterocycles. The number of carbonyl (C=O) groups is 3. The second-order valence-corrected chi connectivity index (χ2v) is 6.43. The fraction of sp³-hybridized carbons (Fsp3) is 0.0800. The lowest BCUT2D eigenvalue weighted by Gasteiger charge is -2.08. The van der Waals surface area contributed by atoms with Crippen LogP contribution in [0.3, 0.4) is 0 Å². The highest BCUT2D eigenvalue weighted by atomic mass is 16.7. The molecular formula is C25H20O8. The van der Waals surface area contributed by atoms with Gasteiger partial charge in [-0.2, -0.15) is 0 Å². The molecule has 0 aliphatic heterocycles. The number of rotatable bonds is 9. The molecule has 0 fully saturated rings. The van der Waals surface area contributed by atoms with Gasteiger partial charge in [0.1, 0.15) is 23.0 Å². The van der Waals surface area contributed by atoms with E-state index in [0.29, 0.717) is 28.4 Å². The summed E-state index contributed by atoms with van der Waals surface area (Å²) in [4.78, 5) is 35.5. The molecule has 0 atom stereocenters. The molecule has 168 valence electrons. The summed E-state index contributed by atoms with van der Waals surface area (Å²) in [5.41, 5.74) is 0.665. The van der Waals surface area contributed by atoms with E-state index in [-0.39, 0.29) is 12.5 Å². The molecule has 0 aliphatic carbocycles. The third-order valence-electron chi connectivity index (χ3n) is 4.25. The number of carbonyl (C=O) groups excluding carboxylic acids is 3. The lowest BCUT2D eigenvalue weighted by atomic mass is 10.2. The Morgan fingerprint density at radius 3 is 1.55 bits per heavy atom. The van der Waals surface area contributed by atoms with Gasteiger partial charge in [0.2, 0.25) is 6.79 Å². The van der Waals surface area contributed by atoms with Crippen LogP contribution in [0.4, 0.5) is 0 Å². The van der Waals surface area contributed by atoms with Gasteiger partial charge in [-0.3, -0.25) is 0 Å². The molecule has 8 nitrogen and oxygen atoms in total. The smallest absolute Gasteiger partial charge is 0.343 e. The van der Waals surface area contributed by atoms with Crippen LogP contribution in [0.5, 0.6) is 23.0 Å². The normalized spacial score (nSPS) is 9.97. The fourth-order valence-corrected chi connectivity index (χ4v) is 2.54. The van der Waals surface area contributed by atoms with E-state index in [1.165, 1.54) is 43.5 Å². The van der Waals surface area contributed by atoms with Gasteiger partial charge in [0.25, 0.3) is 0 Å². The van der Waals surface area contributed by atoms with E-state index in [0.717, 1.165) is 6.08 Å². The molecule has 0 heterocycles. The third-order valence-corrected chi connectivity index (χ3v) is 4.25. The SMILES string of the molecule is C=CC(=O)OCOc1ccc(C(=O)Oc2ccc(OC(=O)c3ccc(OC)cc3)cc2)cc1. The maximum atomic E-state index is 12.3. The van der Waals surface area contributed by atoms with Crippen molar-refractivity contribution in [1.82, 2.24) is 0 Å². The van der Waals surface area contributed by atoms with Crippen LogP contribution in [-0.2, 0) is 9.53 Å². The van der Waals surface area contributed by atoms with E-state index in [2.05, 4.69) is 6.58 Å². The quantitative estimate of drug-likeness (QED) is 0.208. The van der Waals surface area contributed by atoms with Crippen LogP contribution in [0.25, 0.3) is 0 Å². The van der Waals surface area contributed by atoms with Gasteiger partial charge in [-0.25, -0.2) is 14.4 Å². The predicted molar refractivity (Wildman–Crippen MR) is 118 cm³/mol. The molecule has 0 radical (unpaired) electrons. The van der Waals surface area contributed by atoms with Gasteiger partial charge in [-0.05, 0) is 72.8 Å². The summed E-state index contributed by atoms with van der Waals surface area (Å²) in [7, 11) is 1.54. The number of ether oxygens (including phenoxy) is 5. The summed E-state index contributed by atoms with van der Waals surface area (Å²) >= 11 is 0. The summed E-state index contributed by atoms with van der Waals surface area (Å²) < 4.78 is 25.6. The van der Waals surface area contributed by atoms with Crippen molar-refractivity contribution in [2.45, 2.75) is 0 Å². The molecule has 33 heavy (non-hydrogen) atoms. The van der Waals surface area contributed by atoms with Gasteiger partial charge >= 0.3 is 17.9 Å². The highest BCUT2D eigenvalue weighted by Crippen LogP contribution is 2.21. The van der Waals surface area contributed by atoms with Gasteiger partial charge in [0.15, 0.2) is 0 Å². The Balaban J connectivity index is 1.52. The summed E-state index contributed by atoms with van der Waals surface area (Å²) in [5.74, 6) is -0.0844. The Kier molecular flexibility index (Phi) is 7.80. The van der Waals surface area contributed by atoms with Crippen molar-refractivity contribution in [2.24, 2.45) is 0 Å².